The molecule has 2 aliphatic rings. The molecule has 4 rings (SSSR count). The smallest absolute Gasteiger partial charge is 0.0510 e. The summed E-state index contributed by atoms with van der Waals surface area (Å²) >= 11 is 0. The second-order valence-corrected chi connectivity index (χ2v) is 7.21. The lowest BCUT2D eigenvalue weighted by Gasteiger charge is -2.34. The molecule has 0 spiro atoms. The van der Waals surface area contributed by atoms with E-state index in [9.17, 15) is 0 Å². The number of aromatic amines is 1. The number of fused-ring (bicyclic) bond motifs is 3. The molecule has 0 radical (unpaired) electrons. The summed E-state index contributed by atoms with van der Waals surface area (Å²) in [5, 5.41) is 8.81. The quantitative estimate of drug-likeness (QED) is 0.796. The second-order valence-electron chi connectivity index (χ2n) is 7.21. The Bertz CT molecular complexity index is 709. The Balaban J connectivity index is 1.54. The minimum Gasteiger partial charge on any atom is -0.385 e. The van der Waals surface area contributed by atoms with Crippen molar-refractivity contribution in [2.24, 2.45) is 0 Å². The van der Waals surface area contributed by atoms with Gasteiger partial charge >= 0.3 is 0 Å². The summed E-state index contributed by atoms with van der Waals surface area (Å²) in [7, 11) is 0. The Morgan fingerprint density at radius 1 is 1.17 bits per heavy atom. The molecular formula is C20H27N3. The molecule has 0 bridgehead atoms. The molecule has 1 fully saturated rings. The highest BCUT2D eigenvalue weighted by atomic mass is 15.1. The van der Waals surface area contributed by atoms with E-state index in [1.54, 1.807) is 0 Å². The Hall–Kier alpha value is -1.74. The highest BCUT2D eigenvalue weighted by molar-refractivity contribution is 5.85. The third kappa shape index (κ3) is 2.78. The standard InChI is InChI=1S/C20H27N3/c1-13(21-15-8-4-3-5-9-15)19-12-17-16-10-6-7-11-18(16)23-20(17)14(2)22-19/h6-7,10-11,14-15,19,21-23H,1,3-5,8-9,12H2,2H3/t14-,19-/m0/s1. The van der Waals surface area contributed by atoms with Crippen molar-refractivity contribution in [3.8, 4) is 0 Å². The van der Waals surface area contributed by atoms with E-state index in [1.165, 1.54) is 60.0 Å². The Labute approximate surface area is 138 Å². The maximum atomic E-state index is 4.36. The zero-order chi connectivity index (χ0) is 15.8. The Morgan fingerprint density at radius 3 is 2.78 bits per heavy atom. The number of benzene rings is 1. The first-order valence-electron chi connectivity index (χ1n) is 9.03. The molecule has 3 N–H and O–H groups in total. The van der Waals surface area contributed by atoms with E-state index in [0.717, 1.165) is 6.42 Å². The molecule has 1 aromatic carbocycles. The molecule has 2 atom stereocenters. The maximum absolute atomic E-state index is 4.36. The van der Waals surface area contributed by atoms with E-state index in [4.69, 9.17) is 0 Å². The van der Waals surface area contributed by atoms with Crippen LogP contribution in [0.2, 0.25) is 0 Å². The normalized spacial score (nSPS) is 25.3. The summed E-state index contributed by atoms with van der Waals surface area (Å²) in [4.78, 5) is 3.59. The third-order valence-electron chi connectivity index (χ3n) is 5.55. The average molecular weight is 309 g/mol. The van der Waals surface area contributed by atoms with Crippen molar-refractivity contribution < 1.29 is 0 Å². The number of para-hydroxylation sites is 1. The van der Waals surface area contributed by atoms with Crippen LogP contribution in [0.5, 0.6) is 0 Å². The van der Waals surface area contributed by atoms with Crippen LogP contribution in [0.4, 0.5) is 0 Å². The molecule has 2 heterocycles. The van der Waals surface area contributed by atoms with E-state index in [2.05, 4.69) is 53.4 Å². The van der Waals surface area contributed by atoms with Gasteiger partial charge in [-0.25, -0.2) is 0 Å². The maximum Gasteiger partial charge on any atom is 0.0510 e. The fourth-order valence-electron chi connectivity index (χ4n) is 4.29. The van der Waals surface area contributed by atoms with E-state index < -0.39 is 0 Å². The summed E-state index contributed by atoms with van der Waals surface area (Å²) in [6, 6.07) is 9.91. The van der Waals surface area contributed by atoms with Gasteiger partial charge in [-0.05, 0) is 37.8 Å². The van der Waals surface area contributed by atoms with Crippen molar-refractivity contribution in [3.63, 3.8) is 0 Å². The van der Waals surface area contributed by atoms with Crippen molar-refractivity contribution in [1.82, 2.24) is 15.6 Å². The van der Waals surface area contributed by atoms with Gasteiger partial charge in [0.25, 0.3) is 0 Å². The predicted octanol–water partition coefficient (Wildman–Crippen LogP) is 4.18. The Kier molecular flexibility index (Phi) is 3.90. The van der Waals surface area contributed by atoms with Crippen LogP contribution in [0.3, 0.4) is 0 Å². The van der Waals surface area contributed by atoms with Crippen LogP contribution >= 0.6 is 0 Å². The first kappa shape index (κ1) is 14.8. The zero-order valence-electron chi connectivity index (χ0n) is 14.0. The molecule has 122 valence electrons. The molecule has 0 saturated heterocycles. The highest BCUT2D eigenvalue weighted by Crippen LogP contribution is 2.32. The van der Waals surface area contributed by atoms with Crippen LogP contribution in [-0.4, -0.2) is 17.1 Å². The molecule has 23 heavy (non-hydrogen) atoms. The van der Waals surface area contributed by atoms with Gasteiger partial charge in [0.2, 0.25) is 0 Å². The third-order valence-corrected chi connectivity index (χ3v) is 5.55. The van der Waals surface area contributed by atoms with Gasteiger partial charge in [0.15, 0.2) is 0 Å². The summed E-state index contributed by atoms with van der Waals surface area (Å²) in [6.45, 7) is 6.60. The van der Waals surface area contributed by atoms with Gasteiger partial charge in [-0.15, -0.1) is 0 Å². The van der Waals surface area contributed by atoms with Crippen LogP contribution < -0.4 is 10.6 Å². The average Bonchev–Trinajstić information content (AvgIpc) is 2.95. The van der Waals surface area contributed by atoms with E-state index in [-0.39, 0.29) is 0 Å². The summed E-state index contributed by atoms with van der Waals surface area (Å²) in [5.74, 6) is 0. The summed E-state index contributed by atoms with van der Waals surface area (Å²) in [5.41, 5.74) is 5.22. The molecule has 0 unspecified atom stereocenters. The van der Waals surface area contributed by atoms with Gasteiger partial charge in [-0.2, -0.15) is 0 Å². The monoisotopic (exact) mass is 309 g/mol. The number of rotatable bonds is 3. The van der Waals surface area contributed by atoms with Crippen molar-refractivity contribution in [2.45, 2.75) is 63.6 Å². The van der Waals surface area contributed by atoms with Gasteiger partial charge < -0.3 is 15.6 Å². The number of H-pyrrole nitrogens is 1. The largest absolute Gasteiger partial charge is 0.385 e. The zero-order valence-corrected chi connectivity index (χ0v) is 14.0. The predicted molar refractivity (Wildman–Crippen MR) is 96.5 cm³/mol. The van der Waals surface area contributed by atoms with Crippen LogP contribution in [0.15, 0.2) is 36.5 Å². The Morgan fingerprint density at radius 2 is 1.96 bits per heavy atom. The minimum absolute atomic E-state index is 0.318. The second kappa shape index (κ2) is 6.04. The van der Waals surface area contributed by atoms with Crippen LogP contribution in [-0.2, 0) is 6.42 Å². The van der Waals surface area contributed by atoms with Crippen LogP contribution in [0.1, 0.15) is 56.3 Å². The van der Waals surface area contributed by atoms with Gasteiger partial charge in [-0.3, -0.25) is 0 Å². The van der Waals surface area contributed by atoms with Gasteiger partial charge in [0.05, 0.1) is 6.04 Å². The molecule has 2 aromatic rings. The van der Waals surface area contributed by atoms with Crippen molar-refractivity contribution in [3.05, 3.63) is 47.8 Å². The number of hydrogen-bond acceptors (Lipinski definition) is 2. The fraction of sp³-hybridized carbons (Fsp3) is 0.500. The van der Waals surface area contributed by atoms with Gasteiger partial charge in [0, 0.05) is 34.4 Å². The topological polar surface area (TPSA) is 39.9 Å². The van der Waals surface area contributed by atoms with Crippen molar-refractivity contribution in [1.29, 1.82) is 0 Å². The first-order chi connectivity index (χ1) is 11.2. The van der Waals surface area contributed by atoms with Gasteiger partial charge in [0.1, 0.15) is 0 Å². The summed E-state index contributed by atoms with van der Waals surface area (Å²) in [6.07, 6.45) is 7.70. The summed E-state index contributed by atoms with van der Waals surface area (Å²) < 4.78 is 0. The number of hydrogen-bond donors (Lipinski definition) is 3. The first-order valence-corrected chi connectivity index (χ1v) is 9.03. The molecule has 3 nitrogen and oxygen atoms in total. The number of nitrogens with one attached hydrogen (secondary N) is 3. The minimum atomic E-state index is 0.318. The van der Waals surface area contributed by atoms with Gasteiger partial charge in [-0.1, -0.05) is 44.0 Å². The molecule has 1 aliphatic carbocycles. The van der Waals surface area contributed by atoms with Crippen molar-refractivity contribution >= 4 is 10.9 Å². The SMILES string of the molecule is C=C(NC1CCCCC1)[C@@H]1Cc2c([nH]c3ccccc23)[C@H](C)N1. The van der Waals surface area contributed by atoms with E-state index in [0.29, 0.717) is 18.1 Å². The fourth-order valence-corrected chi connectivity index (χ4v) is 4.29. The number of aromatic nitrogens is 1. The molecule has 0 amide bonds. The van der Waals surface area contributed by atoms with Crippen LogP contribution in [0, 0.1) is 0 Å². The lowest BCUT2D eigenvalue weighted by atomic mass is 9.91. The molecule has 1 saturated carbocycles. The molecule has 1 aromatic heterocycles. The van der Waals surface area contributed by atoms with E-state index in [1.807, 2.05) is 0 Å². The lowest BCUT2D eigenvalue weighted by Crippen LogP contribution is -2.45. The lowest BCUT2D eigenvalue weighted by molar-refractivity contribution is 0.368. The van der Waals surface area contributed by atoms with Crippen LogP contribution in [0.25, 0.3) is 10.9 Å². The molecular weight excluding hydrogens is 282 g/mol. The highest BCUT2D eigenvalue weighted by Gasteiger charge is 2.29. The van der Waals surface area contributed by atoms with E-state index >= 15 is 0 Å². The van der Waals surface area contributed by atoms with Crippen molar-refractivity contribution in [2.75, 3.05) is 0 Å². The molecule has 3 heteroatoms. The molecule has 1 aliphatic heterocycles.